The van der Waals surface area contributed by atoms with E-state index >= 15 is 0 Å². The largest absolute Gasteiger partial charge is 0.477 e. The van der Waals surface area contributed by atoms with Gasteiger partial charge in [-0.1, -0.05) is 151 Å². The number of ether oxygens (including phenoxy) is 4. The Kier molecular flexibility index (Phi) is 40.1. The number of carboxylic acid groups (broad SMARTS) is 1. The number of carbonyl (C=O) groups excluding carboxylic acids is 2. The van der Waals surface area contributed by atoms with Gasteiger partial charge in [-0.05, 0) is 83.5 Å². The van der Waals surface area contributed by atoms with Crippen molar-refractivity contribution in [3.63, 3.8) is 0 Å². The molecule has 0 fully saturated rings. The van der Waals surface area contributed by atoms with Crippen LogP contribution in [0.5, 0.6) is 0 Å². The van der Waals surface area contributed by atoms with Gasteiger partial charge in [0.25, 0.3) is 6.29 Å². The van der Waals surface area contributed by atoms with E-state index in [1.54, 1.807) is 0 Å². The first kappa shape index (κ1) is 56.7. The molecule has 2 atom stereocenters. The molecule has 0 saturated heterocycles. The minimum Gasteiger partial charge on any atom is -0.477 e. The Hall–Kier alpha value is -3.27. The standard InChI is InChI=1S/C51H87NO8/c1-6-8-10-12-14-16-18-20-22-24-25-26-28-30-32-34-36-38-40-42-49(54)60-47(46-59-51(50(55)56)57-44-43-52(3,4)5)45-58-48(53)41-39-37-35-33-31-29-27-23-21-19-17-15-13-11-9-7-2/h8,10,14,16-17,19-20,22-23,25-27,47,51H,6-7,9,11-13,15,18,21,24,28-46H2,1-5H3/p+1/b10-8-,16-14-,19-17-,22-20-,26-25-,27-23-. The van der Waals surface area contributed by atoms with E-state index in [-0.39, 0.29) is 38.6 Å². The normalized spacial score (nSPS) is 13.6. The van der Waals surface area contributed by atoms with Crippen molar-refractivity contribution in [2.24, 2.45) is 0 Å². The van der Waals surface area contributed by atoms with Crippen LogP contribution in [0, 0.1) is 0 Å². The summed E-state index contributed by atoms with van der Waals surface area (Å²) in [6, 6.07) is 0. The second kappa shape index (κ2) is 42.4. The van der Waals surface area contributed by atoms with Crippen LogP contribution in [0.1, 0.15) is 174 Å². The number of nitrogens with zero attached hydrogens (tertiary/aromatic N) is 1. The van der Waals surface area contributed by atoms with Gasteiger partial charge in [-0.15, -0.1) is 0 Å². The molecular formula is C51H88NO8+. The fourth-order valence-electron chi connectivity index (χ4n) is 6.03. The van der Waals surface area contributed by atoms with E-state index in [2.05, 4.69) is 86.8 Å². The van der Waals surface area contributed by atoms with Gasteiger partial charge >= 0.3 is 17.9 Å². The molecule has 9 nitrogen and oxygen atoms in total. The Balaban J connectivity index is 4.47. The first-order valence-electron chi connectivity index (χ1n) is 23.6. The third kappa shape index (κ3) is 42.8. The second-order valence-corrected chi connectivity index (χ2v) is 16.7. The van der Waals surface area contributed by atoms with Crippen LogP contribution in [0.15, 0.2) is 72.9 Å². The lowest BCUT2D eigenvalue weighted by Crippen LogP contribution is -2.40. The van der Waals surface area contributed by atoms with E-state index in [1.807, 2.05) is 21.1 Å². The number of hydrogen-bond acceptors (Lipinski definition) is 7. The maximum Gasteiger partial charge on any atom is 0.361 e. The van der Waals surface area contributed by atoms with Gasteiger partial charge in [0.1, 0.15) is 13.2 Å². The number of carbonyl (C=O) groups is 3. The number of likely N-dealkylation sites (N-methyl/N-ethyl adjacent to an activating group) is 1. The number of quaternary nitrogens is 1. The van der Waals surface area contributed by atoms with Crippen molar-refractivity contribution in [2.45, 2.75) is 187 Å². The molecule has 1 N–H and O–H groups in total. The number of carboxylic acids is 1. The lowest BCUT2D eigenvalue weighted by molar-refractivity contribution is -0.870. The smallest absolute Gasteiger partial charge is 0.361 e. The van der Waals surface area contributed by atoms with Crippen LogP contribution >= 0.6 is 0 Å². The molecule has 0 aromatic rings. The number of hydrogen-bond donors (Lipinski definition) is 1. The van der Waals surface area contributed by atoms with Crippen molar-refractivity contribution >= 4 is 17.9 Å². The third-order valence-corrected chi connectivity index (χ3v) is 9.70. The van der Waals surface area contributed by atoms with Crippen molar-refractivity contribution in [2.75, 3.05) is 47.5 Å². The van der Waals surface area contributed by atoms with E-state index in [9.17, 15) is 19.5 Å². The van der Waals surface area contributed by atoms with Crippen LogP contribution in [0.2, 0.25) is 0 Å². The highest BCUT2D eigenvalue weighted by Crippen LogP contribution is 2.13. The summed E-state index contributed by atoms with van der Waals surface area (Å²) in [5.41, 5.74) is 0. The monoisotopic (exact) mass is 843 g/mol. The van der Waals surface area contributed by atoms with Gasteiger partial charge in [-0.25, -0.2) is 4.79 Å². The number of allylic oxidation sites excluding steroid dienone is 12. The number of aliphatic carboxylic acids is 1. The molecule has 344 valence electrons. The topological polar surface area (TPSA) is 108 Å². The highest BCUT2D eigenvalue weighted by molar-refractivity contribution is 5.71. The van der Waals surface area contributed by atoms with Crippen molar-refractivity contribution in [1.82, 2.24) is 0 Å². The van der Waals surface area contributed by atoms with E-state index in [0.29, 0.717) is 17.4 Å². The number of unbranched alkanes of at least 4 members (excludes halogenated alkanes) is 15. The summed E-state index contributed by atoms with van der Waals surface area (Å²) in [6.07, 6.45) is 49.5. The SMILES string of the molecule is CC/C=C\C/C=C\C/C=C\C/C=C\CCCCCCCCC(=O)OC(COC(=O)CCCCCCC/C=C\C/C=C\CCCCCC)COC(OCC[N+](C)(C)C)C(=O)O. The van der Waals surface area contributed by atoms with Crippen LogP contribution in [0.4, 0.5) is 0 Å². The van der Waals surface area contributed by atoms with Gasteiger partial charge in [0.15, 0.2) is 6.10 Å². The van der Waals surface area contributed by atoms with Crippen LogP contribution < -0.4 is 0 Å². The molecule has 0 heterocycles. The van der Waals surface area contributed by atoms with E-state index in [1.165, 1.54) is 32.1 Å². The summed E-state index contributed by atoms with van der Waals surface area (Å²) in [4.78, 5) is 37.2. The maximum absolute atomic E-state index is 12.8. The number of esters is 2. The average Bonchev–Trinajstić information content (AvgIpc) is 3.21. The highest BCUT2D eigenvalue weighted by atomic mass is 16.7. The van der Waals surface area contributed by atoms with E-state index < -0.39 is 24.3 Å². The zero-order valence-corrected chi connectivity index (χ0v) is 38.8. The average molecular weight is 843 g/mol. The van der Waals surface area contributed by atoms with Gasteiger partial charge < -0.3 is 28.5 Å². The summed E-state index contributed by atoms with van der Waals surface area (Å²) < 4.78 is 22.7. The molecular weight excluding hydrogens is 755 g/mol. The van der Waals surface area contributed by atoms with Gasteiger partial charge in [-0.2, -0.15) is 0 Å². The molecule has 0 amide bonds. The lowest BCUT2D eigenvalue weighted by atomic mass is 10.1. The van der Waals surface area contributed by atoms with Gasteiger partial charge in [0.05, 0.1) is 34.4 Å². The fraction of sp³-hybridized carbons (Fsp3) is 0.706. The Morgan fingerprint density at radius 2 is 0.950 bits per heavy atom. The second-order valence-electron chi connectivity index (χ2n) is 16.7. The van der Waals surface area contributed by atoms with Crippen LogP contribution in [-0.4, -0.2) is 87.4 Å². The van der Waals surface area contributed by atoms with Crippen LogP contribution in [-0.2, 0) is 33.3 Å². The summed E-state index contributed by atoms with van der Waals surface area (Å²) in [6.45, 7) is 4.69. The lowest BCUT2D eigenvalue weighted by Gasteiger charge is -2.25. The summed E-state index contributed by atoms with van der Waals surface area (Å²) in [7, 11) is 5.94. The van der Waals surface area contributed by atoms with Gasteiger partial charge in [0, 0.05) is 12.8 Å². The minimum atomic E-state index is -1.52. The van der Waals surface area contributed by atoms with Crippen molar-refractivity contribution < 1.29 is 42.9 Å². The third-order valence-electron chi connectivity index (χ3n) is 9.70. The minimum absolute atomic E-state index is 0.179. The molecule has 2 unspecified atom stereocenters. The molecule has 0 radical (unpaired) electrons. The molecule has 0 saturated carbocycles. The van der Waals surface area contributed by atoms with Gasteiger partial charge in [0.2, 0.25) is 0 Å². The molecule has 60 heavy (non-hydrogen) atoms. The quantitative estimate of drug-likeness (QED) is 0.0213. The Morgan fingerprint density at radius 3 is 1.42 bits per heavy atom. The maximum atomic E-state index is 12.8. The fourth-order valence-corrected chi connectivity index (χ4v) is 6.03. The molecule has 0 aliphatic carbocycles. The molecule has 0 aromatic heterocycles. The van der Waals surface area contributed by atoms with Gasteiger partial charge in [-0.3, -0.25) is 9.59 Å². The molecule has 0 aromatic carbocycles. The predicted molar refractivity (Wildman–Crippen MR) is 249 cm³/mol. The Labute approximate surface area is 367 Å². The zero-order valence-electron chi connectivity index (χ0n) is 38.8. The Bertz CT molecular complexity index is 1210. The molecule has 0 bridgehead atoms. The molecule has 0 spiro atoms. The summed E-state index contributed by atoms with van der Waals surface area (Å²) in [5, 5.41) is 9.65. The molecule has 0 aliphatic heterocycles. The Morgan fingerprint density at radius 1 is 0.517 bits per heavy atom. The van der Waals surface area contributed by atoms with Crippen LogP contribution in [0.3, 0.4) is 0 Å². The van der Waals surface area contributed by atoms with E-state index in [0.717, 1.165) is 109 Å². The van der Waals surface area contributed by atoms with Crippen molar-refractivity contribution in [1.29, 1.82) is 0 Å². The zero-order chi connectivity index (χ0) is 44.2. The highest BCUT2D eigenvalue weighted by Gasteiger charge is 2.25. The van der Waals surface area contributed by atoms with Crippen LogP contribution in [0.25, 0.3) is 0 Å². The predicted octanol–water partition coefficient (Wildman–Crippen LogP) is 12.7. The molecule has 9 heteroatoms. The first-order chi connectivity index (χ1) is 29.1. The van der Waals surface area contributed by atoms with E-state index in [4.69, 9.17) is 18.9 Å². The molecule has 0 rings (SSSR count). The number of rotatable bonds is 42. The molecule has 0 aliphatic rings. The van der Waals surface area contributed by atoms with Crippen molar-refractivity contribution in [3.8, 4) is 0 Å². The summed E-state index contributed by atoms with van der Waals surface area (Å²) >= 11 is 0. The summed E-state index contributed by atoms with van der Waals surface area (Å²) in [5.74, 6) is -2.05. The first-order valence-corrected chi connectivity index (χ1v) is 23.6. The van der Waals surface area contributed by atoms with Crippen molar-refractivity contribution in [3.05, 3.63) is 72.9 Å².